The molecule has 0 radical (unpaired) electrons. The second-order valence-electron chi connectivity index (χ2n) is 5.27. The van der Waals surface area contributed by atoms with Crippen molar-refractivity contribution in [2.75, 3.05) is 6.54 Å². The summed E-state index contributed by atoms with van der Waals surface area (Å²) in [5.74, 6) is -0.1000. The first kappa shape index (κ1) is 13.8. The van der Waals surface area contributed by atoms with Crippen LogP contribution in [0.1, 0.15) is 23.1 Å². The van der Waals surface area contributed by atoms with Crippen LogP contribution < -0.4 is 5.73 Å². The third-order valence-corrected chi connectivity index (χ3v) is 4.00. The Labute approximate surface area is 124 Å². The first-order valence-electron chi connectivity index (χ1n) is 7.22. The molecular formula is C19H19NO. The molecule has 0 aliphatic heterocycles. The predicted octanol–water partition coefficient (Wildman–Crippen LogP) is 3.62. The lowest BCUT2D eigenvalue weighted by Gasteiger charge is -2.23. The van der Waals surface area contributed by atoms with Crippen molar-refractivity contribution in [2.45, 2.75) is 12.0 Å². The van der Waals surface area contributed by atoms with Crippen LogP contribution in [-0.2, 0) is 0 Å². The number of benzene rings is 3. The summed E-state index contributed by atoms with van der Waals surface area (Å²) in [5, 5.41) is 13.1. The number of aliphatic hydroxyl groups is 1. The van der Waals surface area contributed by atoms with E-state index in [0.29, 0.717) is 6.54 Å². The molecule has 0 bridgehead atoms. The van der Waals surface area contributed by atoms with Gasteiger partial charge in [-0.25, -0.2) is 0 Å². The van der Waals surface area contributed by atoms with Crippen LogP contribution >= 0.6 is 0 Å². The Morgan fingerprint density at radius 2 is 1.48 bits per heavy atom. The van der Waals surface area contributed by atoms with Crippen LogP contribution in [0, 0.1) is 0 Å². The summed E-state index contributed by atoms with van der Waals surface area (Å²) in [6.45, 7) is 0.411. The summed E-state index contributed by atoms with van der Waals surface area (Å²) in [5.41, 5.74) is 7.93. The van der Waals surface area contributed by atoms with Gasteiger partial charge in [0.25, 0.3) is 0 Å². The predicted molar refractivity (Wildman–Crippen MR) is 87.1 cm³/mol. The van der Waals surface area contributed by atoms with Gasteiger partial charge in [0.2, 0.25) is 0 Å². The molecule has 2 heteroatoms. The quantitative estimate of drug-likeness (QED) is 0.765. The Bertz CT molecular complexity index is 718. The zero-order valence-electron chi connectivity index (χ0n) is 11.8. The second-order valence-corrected chi connectivity index (χ2v) is 5.27. The van der Waals surface area contributed by atoms with Gasteiger partial charge in [0, 0.05) is 12.5 Å². The van der Waals surface area contributed by atoms with Crippen LogP contribution in [-0.4, -0.2) is 11.7 Å². The fourth-order valence-corrected chi connectivity index (χ4v) is 2.87. The van der Waals surface area contributed by atoms with Gasteiger partial charge in [-0.3, -0.25) is 0 Å². The average Bonchev–Trinajstić information content (AvgIpc) is 2.56. The topological polar surface area (TPSA) is 46.2 Å². The van der Waals surface area contributed by atoms with Gasteiger partial charge in [-0.15, -0.1) is 0 Å². The minimum atomic E-state index is -0.608. The van der Waals surface area contributed by atoms with Crippen molar-refractivity contribution in [1.29, 1.82) is 0 Å². The van der Waals surface area contributed by atoms with Gasteiger partial charge in [-0.1, -0.05) is 72.8 Å². The van der Waals surface area contributed by atoms with E-state index in [0.717, 1.165) is 21.9 Å². The van der Waals surface area contributed by atoms with Gasteiger partial charge >= 0.3 is 0 Å². The fourth-order valence-electron chi connectivity index (χ4n) is 2.87. The van der Waals surface area contributed by atoms with Gasteiger partial charge < -0.3 is 10.8 Å². The highest BCUT2D eigenvalue weighted by Gasteiger charge is 2.22. The van der Waals surface area contributed by atoms with Crippen LogP contribution in [0.2, 0.25) is 0 Å². The molecule has 106 valence electrons. The van der Waals surface area contributed by atoms with Gasteiger partial charge in [-0.2, -0.15) is 0 Å². The second kappa shape index (κ2) is 6.08. The van der Waals surface area contributed by atoms with Crippen molar-refractivity contribution in [3.8, 4) is 0 Å². The van der Waals surface area contributed by atoms with Gasteiger partial charge in [0.05, 0.1) is 6.10 Å². The SMILES string of the molecule is NCC(c1ccccc1)C(O)c1cccc2ccccc12. The molecule has 0 amide bonds. The van der Waals surface area contributed by atoms with E-state index in [1.165, 1.54) is 0 Å². The molecule has 0 aliphatic rings. The molecule has 0 aliphatic carbocycles. The smallest absolute Gasteiger partial charge is 0.0876 e. The summed E-state index contributed by atoms with van der Waals surface area (Å²) in [6, 6.07) is 24.1. The van der Waals surface area contributed by atoms with Gasteiger partial charge in [0.1, 0.15) is 0 Å². The lowest BCUT2D eigenvalue weighted by Crippen LogP contribution is -2.20. The summed E-state index contributed by atoms with van der Waals surface area (Å²) < 4.78 is 0. The first-order valence-corrected chi connectivity index (χ1v) is 7.22. The Kier molecular flexibility index (Phi) is 4.00. The normalized spacial score (nSPS) is 14.0. The zero-order chi connectivity index (χ0) is 14.7. The molecule has 2 atom stereocenters. The number of aliphatic hydroxyl groups excluding tert-OH is 1. The molecule has 0 spiro atoms. The number of hydrogen-bond acceptors (Lipinski definition) is 2. The molecule has 0 fully saturated rings. The van der Waals surface area contributed by atoms with Crippen molar-refractivity contribution in [1.82, 2.24) is 0 Å². The number of nitrogens with two attached hydrogens (primary N) is 1. The molecule has 2 nitrogen and oxygen atoms in total. The Morgan fingerprint density at radius 3 is 2.24 bits per heavy atom. The maximum atomic E-state index is 10.9. The molecule has 0 aromatic heterocycles. The molecule has 3 aromatic rings. The maximum absolute atomic E-state index is 10.9. The van der Waals surface area contributed by atoms with Crippen LogP contribution in [0.25, 0.3) is 10.8 Å². The van der Waals surface area contributed by atoms with Crippen molar-refractivity contribution >= 4 is 10.8 Å². The zero-order valence-corrected chi connectivity index (χ0v) is 11.8. The highest BCUT2D eigenvalue weighted by Crippen LogP contribution is 2.33. The van der Waals surface area contributed by atoms with E-state index in [4.69, 9.17) is 5.73 Å². The lowest BCUT2D eigenvalue weighted by atomic mass is 9.87. The van der Waals surface area contributed by atoms with E-state index in [1.807, 2.05) is 60.7 Å². The number of rotatable bonds is 4. The van der Waals surface area contributed by atoms with Gasteiger partial charge in [0.15, 0.2) is 0 Å². The minimum absolute atomic E-state index is 0.1000. The molecule has 3 aromatic carbocycles. The van der Waals surface area contributed by atoms with E-state index >= 15 is 0 Å². The standard InChI is InChI=1S/C19H19NO/c20-13-18(15-7-2-1-3-8-15)19(21)17-12-6-10-14-9-4-5-11-16(14)17/h1-12,18-19,21H,13,20H2. The fraction of sp³-hybridized carbons (Fsp3) is 0.158. The van der Waals surface area contributed by atoms with Crippen LogP contribution in [0.4, 0.5) is 0 Å². The summed E-state index contributed by atoms with van der Waals surface area (Å²) in [4.78, 5) is 0. The minimum Gasteiger partial charge on any atom is -0.388 e. The monoisotopic (exact) mass is 277 g/mol. The molecule has 2 unspecified atom stereocenters. The van der Waals surface area contributed by atoms with Crippen LogP contribution in [0.3, 0.4) is 0 Å². The first-order chi connectivity index (χ1) is 10.3. The maximum Gasteiger partial charge on any atom is 0.0876 e. The number of hydrogen-bond donors (Lipinski definition) is 2. The van der Waals surface area contributed by atoms with Crippen molar-refractivity contribution in [3.05, 3.63) is 83.9 Å². The molecule has 0 heterocycles. The lowest BCUT2D eigenvalue weighted by molar-refractivity contribution is 0.149. The van der Waals surface area contributed by atoms with Crippen molar-refractivity contribution < 1.29 is 5.11 Å². The van der Waals surface area contributed by atoms with E-state index in [-0.39, 0.29) is 5.92 Å². The number of fused-ring (bicyclic) bond motifs is 1. The Balaban J connectivity index is 2.05. The van der Waals surface area contributed by atoms with E-state index in [9.17, 15) is 5.11 Å². The van der Waals surface area contributed by atoms with Gasteiger partial charge in [-0.05, 0) is 21.9 Å². The molecule has 0 saturated carbocycles. The van der Waals surface area contributed by atoms with Crippen LogP contribution in [0.15, 0.2) is 72.8 Å². The molecule has 0 saturated heterocycles. The summed E-state index contributed by atoms with van der Waals surface area (Å²) >= 11 is 0. The van der Waals surface area contributed by atoms with E-state index < -0.39 is 6.10 Å². The van der Waals surface area contributed by atoms with Crippen LogP contribution in [0.5, 0.6) is 0 Å². The molecule has 3 rings (SSSR count). The Hall–Kier alpha value is -2.16. The van der Waals surface area contributed by atoms with Crippen molar-refractivity contribution in [3.63, 3.8) is 0 Å². The largest absolute Gasteiger partial charge is 0.388 e. The van der Waals surface area contributed by atoms with E-state index in [2.05, 4.69) is 12.1 Å². The Morgan fingerprint density at radius 1 is 0.810 bits per heavy atom. The molecular weight excluding hydrogens is 258 g/mol. The molecule has 3 N–H and O–H groups in total. The third-order valence-electron chi connectivity index (χ3n) is 4.00. The highest BCUT2D eigenvalue weighted by molar-refractivity contribution is 5.86. The average molecular weight is 277 g/mol. The summed E-state index contributed by atoms with van der Waals surface area (Å²) in [7, 11) is 0. The highest BCUT2D eigenvalue weighted by atomic mass is 16.3. The third kappa shape index (κ3) is 2.68. The van der Waals surface area contributed by atoms with Crippen molar-refractivity contribution in [2.24, 2.45) is 5.73 Å². The van der Waals surface area contributed by atoms with E-state index in [1.54, 1.807) is 0 Å². The summed E-state index contributed by atoms with van der Waals surface area (Å²) in [6.07, 6.45) is -0.608. The molecule has 21 heavy (non-hydrogen) atoms.